The van der Waals surface area contributed by atoms with Crippen LogP contribution in [-0.4, -0.2) is 46.5 Å². The van der Waals surface area contributed by atoms with Gasteiger partial charge in [-0.3, -0.25) is 4.79 Å². The molecule has 12 heteroatoms. The second-order valence-electron chi connectivity index (χ2n) is 10.1. The van der Waals surface area contributed by atoms with Crippen LogP contribution in [0.1, 0.15) is 38.2 Å². The number of aromatic nitrogens is 4. The molecule has 1 fully saturated rings. The molecule has 204 valence electrons. The number of benzene rings is 1. The first-order valence-electron chi connectivity index (χ1n) is 12.4. The molecule has 1 aliphatic carbocycles. The maximum Gasteiger partial charge on any atom is 0.311 e. The Balaban J connectivity index is 1.55. The molecule has 0 aliphatic heterocycles. The Morgan fingerprint density at radius 3 is 2.69 bits per heavy atom. The van der Waals surface area contributed by atoms with E-state index in [4.69, 9.17) is 16.3 Å². The minimum absolute atomic E-state index is 0.0450. The normalized spacial score (nSPS) is 19.7. The lowest BCUT2D eigenvalue weighted by Crippen LogP contribution is -2.39. The first kappa shape index (κ1) is 27.0. The molecule has 1 saturated carbocycles. The molecule has 4 aromatic rings. The molecular formula is C27H27ClFN5O4S. The van der Waals surface area contributed by atoms with Crippen molar-refractivity contribution in [1.82, 2.24) is 18.9 Å². The fraction of sp³-hybridized carbons (Fsp3) is 0.333. The van der Waals surface area contributed by atoms with Crippen LogP contribution in [0.25, 0.3) is 22.4 Å². The van der Waals surface area contributed by atoms with Crippen LogP contribution < -0.4 is 5.32 Å². The number of rotatable bonds is 6. The molecule has 3 aromatic heterocycles. The summed E-state index contributed by atoms with van der Waals surface area (Å²) in [6.45, 7) is 3.71. The summed E-state index contributed by atoms with van der Waals surface area (Å²) in [5.41, 5.74) is 0.693. The van der Waals surface area contributed by atoms with Crippen molar-refractivity contribution in [2.45, 2.75) is 50.5 Å². The summed E-state index contributed by atoms with van der Waals surface area (Å²) in [4.78, 5) is 25.3. The van der Waals surface area contributed by atoms with Gasteiger partial charge in [-0.05, 0) is 51.3 Å². The largest absolute Gasteiger partial charge is 0.469 e. The number of halogens is 2. The van der Waals surface area contributed by atoms with E-state index in [9.17, 15) is 17.6 Å². The Labute approximate surface area is 230 Å². The van der Waals surface area contributed by atoms with Crippen LogP contribution in [0.3, 0.4) is 0 Å². The fourth-order valence-corrected chi connectivity index (χ4v) is 6.55. The maximum absolute atomic E-state index is 14.9. The number of nitrogens with one attached hydrogen (secondary N) is 1. The van der Waals surface area contributed by atoms with E-state index in [0.717, 1.165) is 28.6 Å². The molecule has 3 heterocycles. The number of carbonyl (C=O) groups excluding carboxylic acids is 1. The van der Waals surface area contributed by atoms with Gasteiger partial charge in [0.1, 0.15) is 0 Å². The Bertz CT molecular complexity index is 1680. The summed E-state index contributed by atoms with van der Waals surface area (Å²) in [5.74, 6) is -0.921. The van der Waals surface area contributed by atoms with Crippen LogP contribution in [0.4, 0.5) is 10.2 Å². The standard InChI is InChI=1S/C27H27ClFN5O4S/c1-16-6-8-19(9-7-16)39(36,37)34-15-21(20-11-17(28)13-31-25(20)34)23-30-14-22(29)24(33-23)32-18-5-4-10-27(2,12-18)26(35)38-3/h6-9,11,13-15,18H,4-5,10,12H2,1-3H3,(H,30,32,33). The molecule has 2 unspecified atom stereocenters. The summed E-state index contributed by atoms with van der Waals surface area (Å²) in [6.07, 6.45) is 6.37. The van der Waals surface area contributed by atoms with Gasteiger partial charge < -0.3 is 10.1 Å². The Morgan fingerprint density at radius 2 is 1.97 bits per heavy atom. The lowest BCUT2D eigenvalue weighted by molar-refractivity contribution is -0.153. The molecule has 1 aliphatic rings. The number of anilines is 1. The number of pyridine rings is 1. The van der Waals surface area contributed by atoms with Gasteiger partial charge >= 0.3 is 5.97 Å². The van der Waals surface area contributed by atoms with Crippen LogP contribution in [-0.2, 0) is 19.6 Å². The number of fused-ring (bicyclic) bond motifs is 1. The van der Waals surface area contributed by atoms with Gasteiger partial charge in [-0.25, -0.2) is 31.7 Å². The zero-order valence-electron chi connectivity index (χ0n) is 21.6. The lowest BCUT2D eigenvalue weighted by atomic mass is 9.73. The lowest BCUT2D eigenvalue weighted by Gasteiger charge is -2.36. The smallest absolute Gasteiger partial charge is 0.311 e. The van der Waals surface area contributed by atoms with Gasteiger partial charge in [0.2, 0.25) is 0 Å². The number of nitrogens with zero attached hydrogens (tertiary/aromatic N) is 4. The first-order valence-corrected chi connectivity index (χ1v) is 14.2. The summed E-state index contributed by atoms with van der Waals surface area (Å²) < 4.78 is 48.0. The third-order valence-corrected chi connectivity index (χ3v) is 9.01. The van der Waals surface area contributed by atoms with Gasteiger partial charge in [-0.2, -0.15) is 0 Å². The van der Waals surface area contributed by atoms with Crippen molar-refractivity contribution in [3.05, 3.63) is 65.3 Å². The quantitative estimate of drug-likeness (QED) is 0.307. The van der Waals surface area contributed by atoms with Crippen LogP contribution in [0.5, 0.6) is 0 Å². The number of aryl methyl sites for hydroxylation is 1. The minimum atomic E-state index is -4.02. The summed E-state index contributed by atoms with van der Waals surface area (Å²) in [5, 5.41) is 3.81. The summed E-state index contributed by atoms with van der Waals surface area (Å²) >= 11 is 6.21. The average molecular weight is 572 g/mol. The predicted octanol–water partition coefficient (Wildman–Crippen LogP) is 5.37. The SMILES string of the molecule is COC(=O)C1(C)CCCC(Nc2nc(-c3cn(S(=O)(=O)c4ccc(C)cc4)c4ncc(Cl)cc34)ncc2F)C1. The molecule has 5 rings (SSSR count). The van der Waals surface area contributed by atoms with E-state index in [-0.39, 0.29) is 34.2 Å². The molecule has 2 atom stereocenters. The van der Waals surface area contributed by atoms with Crippen molar-refractivity contribution in [2.24, 2.45) is 5.41 Å². The number of hydrogen-bond donors (Lipinski definition) is 1. The Kier molecular flexibility index (Phi) is 7.06. The van der Waals surface area contributed by atoms with Gasteiger partial charge in [0, 0.05) is 29.4 Å². The van der Waals surface area contributed by atoms with Crippen LogP contribution in [0.15, 0.2) is 53.8 Å². The van der Waals surface area contributed by atoms with Crippen LogP contribution in [0, 0.1) is 18.2 Å². The van der Waals surface area contributed by atoms with E-state index in [0.29, 0.717) is 28.8 Å². The molecular weight excluding hydrogens is 545 g/mol. The van der Waals surface area contributed by atoms with Crippen molar-refractivity contribution in [2.75, 3.05) is 12.4 Å². The Hall–Kier alpha value is -3.57. The number of esters is 1. The number of ether oxygens (including phenoxy) is 1. The molecule has 0 saturated heterocycles. The molecule has 0 spiro atoms. The highest BCUT2D eigenvalue weighted by atomic mass is 35.5. The molecule has 39 heavy (non-hydrogen) atoms. The molecule has 0 bridgehead atoms. The van der Waals surface area contributed by atoms with Gasteiger partial charge in [-0.15, -0.1) is 0 Å². The topological polar surface area (TPSA) is 116 Å². The van der Waals surface area contributed by atoms with Crippen molar-refractivity contribution in [3.8, 4) is 11.4 Å². The molecule has 1 aromatic carbocycles. The average Bonchev–Trinajstić information content (AvgIpc) is 3.29. The molecule has 0 amide bonds. The molecule has 9 nitrogen and oxygen atoms in total. The van der Waals surface area contributed by atoms with E-state index in [1.807, 2.05) is 13.8 Å². The molecule has 1 N–H and O–H groups in total. The van der Waals surface area contributed by atoms with Crippen LogP contribution in [0.2, 0.25) is 5.02 Å². The second-order valence-corrected chi connectivity index (χ2v) is 12.3. The van der Waals surface area contributed by atoms with Crippen molar-refractivity contribution >= 4 is 44.4 Å². The van der Waals surface area contributed by atoms with E-state index in [2.05, 4.69) is 20.3 Å². The van der Waals surface area contributed by atoms with Gasteiger partial charge in [0.25, 0.3) is 10.0 Å². The van der Waals surface area contributed by atoms with Crippen molar-refractivity contribution in [1.29, 1.82) is 0 Å². The van der Waals surface area contributed by atoms with Crippen molar-refractivity contribution in [3.63, 3.8) is 0 Å². The van der Waals surface area contributed by atoms with E-state index < -0.39 is 21.3 Å². The number of hydrogen-bond acceptors (Lipinski definition) is 8. The van der Waals surface area contributed by atoms with E-state index >= 15 is 0 Å². The zero-order valence-corrected chi connectivity index (χ0v) is 23.2. The number of carbonyl (C=O) groups is 1. The maximum atomic E-state index is 14.9. The van der Waals surface area contributed by atoms with E-state index in [1.54, 1.807) is 18.2 Å². The van der Waals surface area contributed by atoms with Gasteiger partial charge in [0.05, 0.1) is 28.6 Å². The monoisotopic (exact) mass is 571 g/mol. The minimum Gasteiger partial charge on any atom is -0.469 e. The highest BCUT2D eigenvalue weighted by molar-refractivity contribution is 7.90. The van der Waals surface area contributed by atoms with Gasteiger partial charge in [-0.1, -0.05) is 35.7 Å². The third-order valence-electron chi connectivity index (χ3n) is 7.14. The van der Waals surface area contributed by atoms with Crippen molar-refractivity contribution < 1.29 is 22.3 Å². The number of methoxy groups -OCH3 is 1. The molecule has 0 radical (unpaired) electrons. The highest BCUT2D eigenvalue weighted by Crippen LogP contribution is 2.38. The summed E-state index contributed by atoms with van der Waals surface area (Å²) in [6, 6.07) is 7.81. The van der Waals surface area contributed by atoms with Gasteiger partial charge in [0.15, 0.2) is 23.1 Å². The predicted molar refractivity (Wildman–Crippen MR) is 145 cm³/mol. The second kappa shape index (κ2) is 10.2. The Morgan fingerprint density at radius 1 is 1.23 bits per heavy atom. The highest BCUT2D eigenvalue weighted by Gasteiger charge is 2.40. The fourth-order valence-electron chi connectivity index (χ4n) is 5.07. The summed E-state index contributed by atoms with van der Waals surface area (Å²) in [7, 11) is -2.67. The first-order chi connectivity index (χ1) is 18.5. The third kappa shape index (κ3) is 5.08. The van der Waals surface area contributed by atoms with E-state index in [1.165, 1.54) is 31.6 Å². The van der Waals surface area contributed by atoms with Crippen LogP contribution >= 0.6 is 11.6 Å². The zero-order chi connectivity index (χ0) is 27.9.